The number of halogens is 3. The average Bonchev–Trinajstić information content (AvgIpc) is 1.76. The molecule has 0 aromatic heterocycles. The Bertz CT molecular complexity index is 159. The molecule has 0 atom stereocenters. The van der Waals surface area contributed by atoms with Gasteiger partial charge in [-0.25, -0.2) is 0 Å². The van der Waals surface area contributed by atoms with E-state index in [0.29, 0.717) is 13.1 Å². The minimum absolute atomic E-state index is 0.000347. The molecule has 5 heteroatoms. The van der Waals surface area contributed by atoms with Crippen LogP contribution >= 0.6 is 0 Å². The number of hydrogen-bond donors (Lipinski definition) is 1. The quantitative estimate of drug-likeness (QED) is 0.690. The van der Waals surface area contributed by atoms with Crippen molar-refractivity contribution < 1.29 is 18.3 Å². The summed E-state index contributed by atoms with van der Waals surface area (Å²) >= 11 is 0. The molecule has 1 rings (SSSR count). The fourth-order valence-corrected chi connectivity index (χ4v) is 1.36. The van der Waals surface area contributed by atoms with Crippen LogP contribution in [0.1, 0.15) is 13.3 Å². The Kier molecular flexibility index (Phi) is 2.35. The molecule has 0 aromatic rings. The molecule has 1 N–H and O–H groups in total. The smallest absolute Gasteiger partial charge is 0.388 e. The highest BCUT2D eigenvalue weighted by Crippen LogP contribution is 2.24. The normalized spacial score (nSPS) is 23.8. The second kappa shape index (κ2) is 2.88. The van der Waals surface area contributed by atoms with E-state index in [9.17, 15) is 18.3 Å². The van der Waals surface area contributed by atoms with Crippen LogP contribution in [0.15, 0.2) is 0 Å². The van der Waals surface area contributed by atoms with Crippen LogP contribution in [-0.4, -0.2) is 41.4 Å². The summed E-state index contributed by atoms with van der Waals surface area (Å²) in [5, 5.41) is 9.19. The van der Waals surface area contributed by atoms with Crippen LogP contribution in [0.3, 0.4) is 0 Å². The van der Waals surface area contributed by atoms with E-state index in [4.69, 9.17) is 0 Å². The molecule has 1 aliphatic heterocycles. The average molecular weight is 183 g/mol. The lowest BCUT2D eigenvalue weighted by molar-refractivity contribution is -0.151. The molecule has 0 saturated carbocycles. The molecular formula is C7H12F3NO. The van der Waals surface area contributed by atoms with Crippen molar-refractivity contribution in [2.75, 3.05) is 19.6 Å². The van der Waals surface area contributed by atoms with Crippen LogP contribution < -0.4 is 0 Å². The second-order valence-electron chi connectivity index (χ2n) is 3.57. The zero-order valence-corrected chi connectivity index (χ0v) is 6.86. The summed E-state index contributed by atoms with van der Waals surface area (Å²) in [6, 6.07) is 0. The summed E-state index contributed by atoms with van der Waals surface area (Å²) in [6.07, 6.45) is -4.87. The lowest BCUT2D eigenvalue weighted by Crippen LogP contribution is -2.60. The Morgan fingerprint density at radius 3 is 2.25 bits per heavy atom. The molecule has 0 amide bonds. The topological polar surface area (TPSA) is 23.5 Å². The van der Waals surface area contributed by atoms with Gasteiger partial charge in [0.1, 0.15) is 0 Å². The van der Waals surface area contributed by atoms with E-state index in [1.807, 2.05) is 0 Å². The molecule has 0 unspecified atom stereocenters. The summed E-state index contributed by atoms with van der Waals surface area (Å²) in [6.45, 7) is 2.32. The van der Waals surface area contributed by atoms with Crippen molar-refractivity contribution >= 4 is 0 Å². The Labute approximate surface area is 69.0 Å². The number of hydrogen-bond acceptors (Lipinski definition) is 2. The van der Waals surface area contributed by atoms with E-state index in [2.05, 4.69) is 0 Å². The van der Waals surface area contributed by atoms with Gasteiger partial charge in [-0.3, -0.25) is 4.90 Å². The van der Waals surface area contributed by atoms with Gasteiger partial charge in [0, 0.05) is 19.6 Å². The maximum Gasteiger partial charge on any atom is 0.390 e. The van der Waals surface area contributed by atoms with Crippen molar-refractivity contribution in [3.63, 3.8) is 0 Å². The second-order valence-corrected chi connectivity index (χ2v) is 3.57. The molecule has 1 heterocycles. The van der Waals surface area contributed by atoms with Crippen molar-refractivity contribution in [3.05, 3.63) is 0 Å². The molecule has 0 bridgehead atoms. The lowest BCUT2D eigenvalue weighted by Gasteiger charge is -2.44. The van der Waals surface area contributed by atoms with Gasteiger partial charge in [-0.15, -0.1) is 0 Å². The third-order valence-electron chi connectivity index (χ3n) is 1.84. The van der Waals surface area contributed by atoms with Crippen molar-refractivity contribution in [3.8, 4) is 0 Å². The predicted octanol–water partition coefficient (Wildman–Crippen LogP) is 1.01. The molecule has 12 heavy (non-hydrogen) atoms. The Balaban J connectivity index is 2.12. The molecule has 0 aromatic carbocycles. The van der Waals surface area contributed by atoms with Gasteiger partial charge in [0.2, 0.25) is 0 Å². The van der Waals surface area contributed by atoms with Crippen molar-refractivity contribution in [2.45, 2.75) is 25.1 Å². The minimum atomic E-state index is -4.08. The molecular weight excluding hydrogens is 171 g/mol. The molecule has 2 nitrogen and oxygen atoms in total. The zero-order valence-electron chi connectivity index (χ0n) is 6.86. The van der Waals surface area contributed by atoms with Crippen LogP contribution in [0.2, 0.25) is 0 Å². The monoisotopic (exact) mass is 183 g/mol. The number of aliphatic hydroxyl groups is 1. The van der Waals surface area contributed by atoms with E-state index in [-0.39, 0.29) is 6.54 Å². The molecule has 0 spiro atoms. The van der Waals surface area contributed by atoms with Gasteiger partial charge in [0.05, 0.1) is 12.0 Å². The van der Waals surface area contributed by atoms with Crippen molar-refractivity contribution in [2.24, 2.45) is 0 Å². The molecule has 72 valence electrons. The number of likely N-dealkylation sites (tertiary alicyclic amines) is 1. The molecule has 1 aliphatic rings. The highest BCUT2D eigenvalue weighted by atomic mass is 19.4. The van der Waals surface area contributed by atoms with Crippen LogP contribution in [0.25, 0.3) is 0 Å². The first-order chi connectivity index (χ1) is 5.29. The molecule has 0 radical (unpaired) electrons. The molecule has 1 fully saturated rings. The maximum atomic E-state index is 11.7. The van der Waals surface area contributed by atoms with Crippen molar-refractivity contribution in [1.82, 2.24) is 4.90 Å². The summed E-state index contributed by atoms with van der Waals surface area (Å²) < 4.78 is 35.0. The van der Waals surface area contributed by atoms with E-state index in [0.717, 1.165) is 0 Å². The third kappa shape index (κ3) is 2.98. The van der Waals surface area contributed by atoms with E-state index < -0.39 is 18.2 Å². The van der Waals surface area contributed by atoms with Crippen LogP contribution in [0, 0.1) is 0 Å². The van der Waals surface area contributed by atoms with Gasteiger partial charge in [0.15, 0.2) is 0 Å². The van der Waals surface area contributed by atoms with Gasteiger partial charge >= 0.3 is 6.18 Å². The first kappa shape index (κ1) is 9.80. The SMILES string of the molecule is CC1(O)CN(CCC(F)(F)F)C1. The zero-order chi connectivity index (χ0) is 9.41. The Morgan fingerprint density at radius 2 is 1.92 bits per heavy atom. The Hall–Kier alpha value is -0.290. The highest BCUT2D eigenvalue weighted by Gasteiger charge is 2.38. The van der Waals surface area contributed by atoms with E-state index in [1.54, 1.807) is 11.8 Å². The third-order valence-corrected chi connectivity index (χ3v) is 1.84. The van der Waals surface area contributed by atoms with Gasteiger partial charge in [-0.05, 0) is 6.92 Å². The van der Waals surface area contributed by atoms with Crippen LogP contribution in [-0.2, 0) is 0 Å². The summed E-state index contributed by atoms with van der Waals surface area (Å²) in [4.78, 5) is 1.59. The van der Waals surface area contributed by atoms with Gasteiger partial charge in [-0.1, -0.05) is 0 Å². The fourth-order valence-electron chi connectivity index (χ4n) is 1.36. The number of alkyl halides is 3. The number of nitrogens with zero attached hydrogens (tertiary/aromatic N) is 1. The van der Waals surface area contributed by atoms with Crippen LogP contribution in [0.5, 0.6) is 0 Å². The summed E-state index contributed by atoms with van der Waals surface area (Å²) in [5.41, 5.74) is -0.772. The predicted molar refractivity (Wildman–Crippen MR) is 37.7 cm³/mol. The van der Waals surface area contributed by atoms with Gasteiger partial charge in [0.25, 0.3) is 0 Å². The number of β-amino-alcohol motifs (C(OH)–C–C–N with tert-alkyl or cyclic N) is 1. The Morgan fingerprint density at radius 1 is 1.42 bits per heavy atom. The summed E-state index contributed by atoms with van der Waals surface area (Å²) in [5.74, 6) is 0. The number of rotatable bonds is 2. The first-order valence-corrected chi connectivity index (χ1v) is 3.80. The van der Waals surface area contributed by atoms with Gasteiger partial charge < -0.3 is 5.11 Å². The van der Waals surface area contributed by atoms with Gasteiger partial charge in [-0.2, -0.15) is 13.2 Å². The first-order valence-electron chi connectivity index (χ1n) is 3.80. The minimum Gasteiger partial charge on any atom is -0.388 e. The standard InChI is InChI=1S/C7H12F3NO/c1-6(12)4-11(5-6)3-2-7(8,9)10/h12H,2-5H2,1H3. The molecule has 1 saturated heterocycles. The molecule has 0 aliphatic carbocycles. The summed E-state index contributed by atoms with van der Waals surface area (Å²) in [7, 11) is 0. The highest BCUT2D eigenvalue weighted by molar-refractivity contribution is 4.91. The maximum absolute atomic E-state index is 11.7. The van der Waals surface area contributed by atoms with E-state index in [1.165, 1.54) is 0 Å². The lowest BCUT2D eigenvalue weighted by atomic mass is 9.97. The fraction of sp³-hybridized carbons (Fsp3) is 1.00. The van der Waals surface area contributed by atoms with Crippen LogP contribution in [0.4, 0.5) is 13.2 Å². The van der Waals surface area contributed by atoms with E-state index >= 15 is 0 Å². The van der Waals surface area contributed by atoms with Crippen molar-refractivity contribution in [1.29, 1.82) is 0 Å². The largest absolute Gasteiger partial charge is 0.390 e.